The molecular formula is C9H9ClO2. The van der Waals surface area contributed by atoms with Crippen molar-refractivity contribution in [3.05, 3.63) is 33.8 Å². The Hall–Kier alpha value is -1.02. The first kappa shape index (κ1) is 9.07. The van der Waals surface area contributed by atoms with Crippen molar-refractivity contribution >= 4 is 17.6 Å². The first-order valence-electron chi connectivity index (χ1n) is 3.53. The summed E-state index contributed by atoms with van der Waals surface area (Å²) >= 11 is 5.81. The Labute approximate surface area is 75.8 Å². The minimum atomic E-state index is -0.983. The zero-order valence-corrected chi connectivity index (χ0v) is 7.64. The third-order valence-corrected chi connectivity index (χ3v) is 2.37. The van der Waals surface area contributed by atoms with E-state index < -0.39 is 5.97 Å². The van der Waals surface area contributed by atoms with E-state index in [-0.39, 0.29) is 5.56 Å². The lowest BCUT2D eigenvalue weighted by Gasteiger charge is -2.04. The van der Waals surface area contributed by atoms with Gasteiger partial charge in [0.1, 0.15) is 0 Å². The Morgan fingerprint density at radius 2 is 2.00 bits per heavy atom. The number of aryl methyl sites for hydroxylation is 1. The summed E-state index contributed by atoms with van der Waals surface area (Å²) in [4.78, 5) is 10.6. The molecule has 3 heteroatoms. The molecule has 1 N–H and O–H groups in total. The van der Waals surface area contributed by atoms with Crippen LogP contribution in [-0.4, -0.2) is 11.1 Å². The molecule has 0 aliphatic carbocycles. The number of benzene rings is 1. The summed E-state index contributed by atoms with van der Waals surface area (Å²) in [6.45, 7) is 3.71. The van der Waals surface area contributed by atoms with E-state index in [1.165, 1.54) is 6.07 Å². The molecule has 1 aromatic carbocycles. The molecule has 0 aliphatic rings. The molecule has 64 valence electrons. The van der Waals surface area contributed by atoms with Crippen molar-refractivity contribution in [2.45, 2.75) is 13.8 Å². The third-order valence-electron chi connectivity index (χ3n) is 1.89. The van der Waals surface area contributed by atoms with Crippen molar-refractivity contribution < 1.29 is 9.90 Å². The molecular weight excluding hydrogens is 176 g/mol. The van der Waals surface area contributed by atoms with E-state index in [2.05, 4.69) is 0 Å². The number of rotatable bonds is 1. The van der Waals surface area contributed by atoms with Crippen LogP contribution in [0.1, 0.15) is 21.5 Å². The van der Waals surface area contributed by atoms with Crippen LogP contribution in [0.4, 0.5) is 0 Å². The fraction of sp³-hybridized carbons (Fsp3) is 0.222. The highest BCUT2D eigenvalue weighted by Crippen LogP contribution is 2.23. The second-order valence-electron chi connectivity index (χ2n) is 2.67. The average Bonchev–Trinajstić information content (AvgIpc) is 2.00. The van der Waals surface area contributed by atoms with Crippen molar-refractivity contribution in [1.29, 1.82) is 0 Å². The monoisotopic (exact) mass is 184 g/mol. The number of carboxylic acid groups (broad SMARTS) is 1. The average molecular weight is 185 g/mol. The maximum Gasteiger partial charge on any atom is 0.337 e. The second-order valence-corrected chi connectivity index (χ2v) is 3.05. The number of aromatic carboxylic acids is 1. The lowest BCUT2D eigenvalue weighted by molar-refractivity contribution is 0.0697. The molecule has 0 aromatic heterocycles. The van der Waals surface area contributed by atoms with Gasteiger partial charge in [-0.2, -0.15) is 0 Å². The topological polar surface area (TPSA) is 37.3 Å². The SMILES string of the molecule is Cc1ccc(C(=O)O)c(Cl)c1C. The van der Waals surface area contributed by atoms with Crippen LogP contribution in [0.25, 0.3) is 0 Å². The van der Waals surface area contributed by atoms with Gasteiger partial charge < -0.3 is 5.11 Å². The summed E-state index contributed by atoms with van der Waals surface area (Å²) in [6, 6.07) is 3.28. The quantitative estimate of drug-likeness (QED) is 0.729. The molecule has 2 nitrogen and oxygen atoms in total. The molecule has 0 amide bonds. The van der Waals surface area contributed by atoms with Crippen LogP contribution >= 0.6 is 11.6 Å². The van der Waals surface area contributed by atoms with E-state index in [4.69, 9.17) is 16.7 Å². The van der Waals surface area contributed by atoms with Gasteiger partial charge in [-0.1, -0.05) is 17.7 Å². The molecule has 0 saturated heterocycles. The lowest BCUT2D eigenvalue weighted by atomic mass is 10.1. The van der Waals surface area contributed by atoms with Gasteiger partial charge in [-0.15, -0.1) is 0 Å². The maximum atomic E-state index is 10.6. The Kier molecular flexibility index (Phi) is 2.38. The molecule has 0 atom stereocenters. The number of carboxylic acids is 1. The van der Waals surface area contributed by atoms with E-state index in [9.17, 15) is 4.79 Å². The summed E-state index contributed by atoms with van der Waals surface area (Å²) in [5.74, 6) is -0.983. The molecule has 0 saturated carbocycles. The van der Waals surface area contributed by atoms with Gasteiger partial charge in [0.25, 0.3) is 0 Å². The fourth-order valence-corrected chi connectivity index (χ4v) is 1.24. The molecule has 1 aromatic rings. The van der Waals surface area contributed by atoms with Crippen LogP contribution < -0.4 is 0 Å². The Balaban J connectivity index is 3.36. The first-order chi connectivity index (χ1) is 5.54. The number of halogens is 1. The molecule has 0 heterocycles. The van der Waals surface area contributed by atoms with Crippen LogP contribution in [0.15, 0.2) is 12.1 Å². The molecule has 0 fully saturated rings. The minimum Gasteiger partial charge on any atom is -0.478 e. The van der Waals surface area contributed by atoms with E-state index in [1.807, 2.05) is 13.8 Å². The summed E-state index contributed by atoms with van der Waals surface area (Å²) in [5.41, 5.74) is 2.00. The predicted octanol–water partition coefficient (Wildman–Crippen LogP) is 2.66. The van der Waals surface area contributed by atoms with Crippen molar-refractivity contribution in [2.24, 2.45) is 0 Å². The van der Waals surface area contributed by atoms with Gasteiger partial charge in [-0.25, -0.2) is 4.79 Å². The number of carbonyl (C=O) groups is 1. The third kappa shape index (κ3) is 1.43. The van der Waals surface area contributed by atoms with Crippen LogP contribution in [-0.2, 0) is 0 Å². The predicted molar refractivity (Wildman–Crippen MR) is 47.9 cm³/mol. The minimum absolute atomic E-state index is 0.166. The summed E-state index contributed by atoms with van der Waals surface area (Å²) < 4.78 is 0. The van der Waals surface area contributed by atoms with Gasteiger partial charge in [0.15, 0.2) is 0 Å². The van der Waals surface area contributed by atoms with Gasteiger partial charge in [-0.3, -0.25) is 0 Å². The molecule has 0 spiro atoms. The summed E-state index contributed by atoms with van der Waals surface area (Å²) in [6.07, 6.45) is 0. The molecule has 1 rings (SSSR count). The zero-order valence-electron chi connectivity index (χ0n) is 6.89. The van der Waals surface area contributed by atoms with Crippen molar-refractivity contribution in [2.75, 3.05) is 0 Å². The smallest absolute Gasteiger partial charge is 0.337 e. The molecule has 0 bridgehead atoms. The van der Waals surface area contributed by atoms with E-state index in [0.717, 1.165) is 11.1 Å². The van der Waals surface area contributed by atoms with Gasteiger partial charge in [-0.05, 0) is 31.0 Å². The maximum absolute atomic E-state index is 10.6. The van der Waals surface area contributed by atoms with Crippen LogP contribution in [0.3, 0.4) is 0 Å². The largest absolute Gasteiger partial charge is 0.478 e. The van der Waals surface area contributed by atoms with Crippen LogP contribution in [0, 0.1) is 13.8 Å². The Morgan fingerprint density at radius 1 is 1.42 bits per heavy atom. The Bertz CT molecular complexity index is 332. The van der Waals surface area contributed by atoms with E-state index in [1.54, 1.807) is 6.07 Å². The van der Waals surface area contributed by atoms with Gasteiger partial charge in [0, 0.05) is 0 Å². The second kappa shape index (κ2) is 3.15. The highest BCUT2D eigenvalue weighted by Gasteiger charge is 2.10. The van der Waals surface area contributed by atoms with Gasteiger partial charge in [0.2, 0.25) is 0 Å². The standard InChI is InChI=1S/C9H9ClO2/c1-5-3-4-7(9(11)12)8(10)6(5)2/h3-4H,1-2H3,(H,11,12). The normalized spacial score (nSPS) is 9.92. The first-order valence-corrected chi connectivity index (χ1v) is 3.91. The summed E-state index contributed by atoms with van der Waals surface area (Å²) in [7, 11) is 0. The molecule has 0 radical (unpaired) electrons. The Morgan fingerprint density at radius 3 is 2.50 bits per heavy atom. The van der Waals surface area contributed by atoms with Crippen LogP contribution in [0.2, 0.25) is 5.02 Å². The molecule has 0 aliphatic heterocycles. The van der Waals surface area contributed by atoms with Crippen LogP contribution in [0.5, 0.6) is 0 Å². The highest BCUT2D eigenvalue weighted by atomic mass is 35.5. The highest BCUT2D eigenvalue weighted by molar-refractivity contribution is 6.34. The van der Waals surface area contributed by atoms with Gasteiger partial charge >= 0.3 is 5.97 Å². The van der Waals surface area contributed by atoms with E-state index in [0.29, 0.717) is 5.02 Å². The number of hydrogen-bond donors (Lipinski definition) is 1. The van der Waals surface area contributed by atoms with Crippen molar-refractivity contribution in [3.8, 4) is 0 Å². The lowest BCUT2D eigenvalue weighted by Crippen LogP contribution is -1.99. The fourth-order valence-electron chi connectivity index (χ4n) is 0.947. The summed E-state index contributed by atoms with van der Waals surface area (Å²) in [5, 5.41) is 9.03. The van der Waals surface area contributed by atoms with E-state index >= 15 is 0 Å². The molecule has 12 heavy (non-hydrogen) atoms. The molecule has 0 unspecified atom stereocenters. The van der Waals surface area contributed by atoms with Gasteiger partial charge in [0.05, 0.1) is 10.6 Å². The number of hydrogen-bond acceptors (Lipinski definition) is 1. The zero-order chi connectivity index (χ0) is 9.30. The van der Waals surface area contributed by atoms with Crippen molar-refractivity contribution in [3.63, 3.8) is 0 Å². The van der Waals surface area contributed by atoms with Crippen molar-refractivity contribution in [1.82, 2.24) is 0 Å².